The number of non-ortho nitro benzene ring substituents is 1. The van der Waals surface area contributed by atoms with Crippen LogP contribution in [0, 0.1) is 45.9 Å². The van der Waals surface area contributed by atoms with Gasteiger partial charge in [-0.05, 0) is 107 Å². The molecule has 0 saturated carbocycles. The Morgan fingerprint density at radius 3 is 1.98 bits per heavy atom. The highest BCUT2D eigenvalue weighted by atomic mass is 32.2. The van der Waals surface area contributed by atoms with Crippen LogP contribution in [-0.4, -0.2) is 70.0 Å². The molecule has 0 spiro atoms. The topological polar surface area (TPSA) is 197 Å². The lowest BCUT2D eigenvalue weighted by Gasteiger charge is -2.34. The number of ether oxygens (including phenoxy) is 1. The molecule has 57 heavy (non-hydrogen) atoms. The Kier molecular flexibility index (Phi) is 13.0. The Labute approximate surface area is 334 Å². The summed E-state index contributed by atoms with van der Waals surface area (Å²) in [7, 11) is -4.61. The molecule has 1 amide bonds. The summed E-state index contributed by atoms with van der Waals surface area (Å²) in [4.78, 5) is 55.9. The molecule has 0 aliphatic rings. The maximum atomic E-state index is 14.4. The van der Waals surface area contributed by atoms with Gasteiger partial charge < -0.3 is 9.64 Å². The Bertz CT molecular complexity index is 2290. The molecule has 0 bridgehead atoms. The largest absolute Gasteiger partial charge is 0.443 e. The molecule has 2 aromatic heterocycles. The van der Waals surface area contributed by atoms with Crippen molar-refractivity contribution < 1.29 is 32.6 Å². The van der Waals surface area contributed by atoms with E-state index in [0.29, 0.717) is 46.9 Å². The molecule has 1 atom stereocenters. The SMILES string of the molecule is Cc1cc(C)cc(-c2c([C@H](C)CNS(=O)(=O)c3ccc([N+](=O)[O-])cc3[N+](=O)[O-])c3cc(C(C)(C)C(=O)N(CC(C)C)CC(C)C)cnc3n2C(=O)OC(C)(C)C)c1. The lowest BCUT2D eigenvalue weighted by atomic mass is 9.82. The molecule has 0 aliphatic carbocycles. The summed E-state index contributed by atoms with van der Waals surface area (Å²) in [6.45, 7) is 23.4. The van der Waals surface area contributed by atoms with Crippen LogP contribution in [0.25, 0.3) is 22.3 Å². The van der Waals surface area contributed by atoms with Crippen molar-refractivity contribution in [3.63, 3.8) is 0 Å². The fraction of sp³-hybridized carbons (Fsp3) is 0.488. The van der Waals surface area contributed by atoms with E-state index in [4.69, 9.17) is 9.72 Å². The second-order valence-electron chi connectivity index (χ2n) is 17.1. The molecule has 0 fully saturated rings. The first kappa shape index (κ1) is 44.5. The molecule has 0 aliphatic heterocycles. The summed E-state index contributed by atoms with van der Waals surface area (Å²) in [6, 6.07) is 9.90. The van der Waals surface area contributed by atoms with E-state index in [2.05, 4.69) is 32.4 Å². The van der Waals surface area contributed by atoms with Crippen molar-refractivity contribution in [3.05, 3.63) is 91.1 Å². The summed E-state index contributed by atoms with van der Waals surface area (Å²) >= 11 is 0. The molecule has 2 heterocycles. The van der Waals surface area contributed by atoms with E-state index >= 15 is 0 Å². The molecular weight excluding hydrogens is 753 g/mol. The minimum Gasteiger partial charge on any atom is -0.443 e. The predicted octanol–water partition coefficient (Wildman–Crippen LogP) is 8.42. The average Bonchev–Trinajstić information content (AvgIpc) is 3.43. The number of carbonyl (C=O) groups is 2. The third-order valence-corrected chi connectivity index (χ3v) is 10.8. The van der Waals surface area contributed by atoms with E-state index in [1.807, 2.05) is 56.9 Å². The molecule has 16 heteroatoms. The van der Waals surface area contributed by atoms with E-state index in [1.54, 1.807) is 33.9 Å². The van der Waals surface area contributed by atoms with Gasteiger partial charge in [0.25, 0.3) is 11.4 Å². The number of nitro benzene ring substituents is 2. The number of aryl methyl sites for hydroxylation is 2. The number of nitrogens with one attached hydrogen (secondary N) is 1. The first-order valence-corrected chi connectivity index (χ1v) is 20.3. The van der Waals surface area contributed by atoms with Crippen LogP contribution in [-0.2, 0) is 25.0 Å². The number of amides is 1. The minimum absolute atomic E-state index is 0.0980. The number of hydrogen-bond acceptors (Lipinski definition) is 10. The highest BCUT2D eigenvalue weighted by Gasteiger charge is 2.37. The quantitative estimate of drug-likeness (QED) is 0.0954. The van der Waals surface area contributed by atoms with Crippen molar-refractivity contribution in [2.24, 2.45) is 11.8 Å². The fourth-order valence-corrected chi connectivity index (χ4v) is 8.24. The van der Waals surface area contributed by atoms with E-state index in [-0.39, 0.29) is 29.9 Å². The number of aromatic nitrogens is 2. The van der Waals surface area contributed by atoms with Crippen molar-refractivity contribution in [1.29, 1.82) is 0 Å². The van der Waals surface area contributed by atoms with E-state index in [1.165, 1.54) is 4.57 Å². The van der Waals surface area contributed by atoms with Crippen LogP contribution in [0.5, 0.6) is 0 Å². The maximum absolute atomic E-state index is 14.4. The van der Waals surface area contributed by atoms with Crippen LogP contribution in [0.15, 0.2) is 53.6 Å². The number of fused-ring (bicyclic) bond motifs is 1. The summed E-state index contributed by atoms with van der Waals surface area (Å²) in [5.41, 5.74) is 0.560. The van der Waals surface area contributed by atoms with Gasteiger partial charge in [-0.2, -0.15) is 0 Å². The first-order chi connectivity index (χ1) is 26.2. The van der Waals surface area contributed by atoms with Crippen molar-refractivity contribution >= 4 is 44.4 Å². The van der Waals surface area contributed by atoms with Gasteiger partial charge in [0.2, 0.25) is 15.9 Å². The van der Waals surface area contributed by atoms with Crippen LogP contribution in [0.3, 0.4) is 0 Å². The van der Waals surface area contributed by atoms with Gasteiger partial charge in [-0.3, -0.25) is 25.0 Å². The van der Waals surface area contributed by atoms with Crippen LogP contribution < -0.4 is 4.72 Å². The van der Waals surface area contributed by atoms with E-state index in [0.717, 1.165) is 23.3 Å². The van der Waals surface area contributed by atoms with Gasteiger partial charge in [-0.25, -0.2) is 27.5 Å². The van der Waals surface area contributed by atoms with Gasteiger partial charge in [0.15, 0.2) is 4.90 Å². The van der Waals surface area contributed by atoms with Crippen LogP contribution >= 0.6 is 0 Å². The van der Waals surface area contributed by atoms with E-state index < -0.39 is 59.2 Å². The number of rotatable bonds is 14. The van der Waals surface area contributed by atoms with Crippen LogP contribution in [0.4, 0.5) is 16.2 Å². The van der Waals surface area contributed by atoms with Crippen LogP contribution in [0.2, 0.25) is 0 Å². The summed E-state index contributed by atoms with van der Waals surface area (Å²) in [6.07, 6.45) is 0.859. The van der Waals surface area contributed by atoms with Crippen LogP contribution in [0.1, 0.15) is 97.4 Å². The zero-order chi connectivity index (χ0) is 42.9. The monoisotopic (exact) mass is 806 g/mol. The molecule has 4 aromatic rings. The molecule has 0 unspecified atom stereocenters. The number of pyridine rings is 1. The number of nitrogens with zero attached hydrogens (tertiary/aromatic N) is 5. The molecule has 1 N–H and O–H groups in total. The van der Waals surface area contributed by atoms with Crippen molar-refractivity contribution in [2.75, 3.05) is 19.6 Å². The standard InChI is InChI=1S/C41H54N6O9S/c1-24(2)22-44(23-25(3)4)38(48)41(11,12)30-18-32-35(28(7)20-43-57(54,55)34-14-13-31(46(50)51)19-33(34)47(52)53)36(29-16-26(5)15-27(6)17-29)45(37(32)42-21-30)39(49)56-40(8,9)10/h13-19,21,24-25,28,43H,20,22-23H2,1-12H3/t28-/m1/s1. The number of carbonyl (C=O) groups excluding carboxylic acids is 2. The molecule has 308 valence electrons. The van der Waals surface area contributed by atoms with Crippen molar-refractivity contribution in [2.45, 2.75) is 105 Å². The molecule has 15 nitrogen and oxygen atoms in total. The molecule has 2 aromatic carbocycles. The highest BCUT2D eigenvalue weighted by molar-refractivity contribution is 7.89. The predicted molar refractivity (Wildman–Crippen MR) is 219 cm³/mol. The van der Waals surface area contributed by atoms with Gasteiger partial charge in [0, 0.05) is 37.3 Å². The highest BCUT2D eigenvalue weighted by Crippen LogP contribution is 2.41. The fourth-order valence-electron chi connectivity index (χ4n) is 6.95. The van der Waals surface area contributed by atoms with Gasteiger partial charge in [0.05, 0.1) is 27.0 Å². The number of nitro groups is 2. The lowest BCUT2D eigenvalue weighted by Crippen LogP contribution is -2.46. The summed E-state index contributed by atoms with van der Waals surface area (Å²) < 4.78 is 37.2. The van der Waals surface area contributed by atoms with Gasteiger partial charge >= 0.3 is 6.09 Å². The molecule has 0 radical (unpaired) electrons. The molecular formula is C41H54N6O9S. The maximum Gasteiger partial charge on any atom is 0.420 e. The smallest absolute Gasteiger partial charge is 0.420 e. The number of hydrogen-bond donors (Lipinski definition) is 1. The third-order valence-electron chi connectivity index (χ3n) is 9.35. The Balaban J connectivity index is 2.01. The summed E-state index contributed by atoms with van der Waals surface area (Å²) in [5.74, 6) is -0.390. The molecule has 0 saturated heterocycles. The first-order valence-electron chi connectivity index (χ1n) is 18.8. The Morgan fingerprint density at radius 1 is 0.895 bits per heavy atom. The van der Waals surface area contributed by atoms with Gasteiger partial charge in [0.1, 0.15) is 11.2 Å². The number of sulfonamides is 1. The normalized spacial score (nSPS) is 12.9. The van der Waals surface area contributed by atoms with Crippen molar-refractivity contribution in [3.8, 4) is 11.3 Å². The van der Waals surface area contributed by atoms with E-state index in [9.17, 15) is 38.2 Å². The Morgan fingerprint density at radius 2 is 1.47 bits per heavy atom. The van der Waals surface area contributed by atoms with Crippen molar-refractivity contribution in [1.82, 2.24) is 19.2 Å². The van der Waals surface area contributed by atoms with Gasteiger partial charge in [-0.1, -0.05) is 51.8 Å². The zero-order valence-corrected chi connectivity index (χ0v) is 35.6. The molecule has 4 rings (SSSR count). The zero-order valence-electron chi connectivity index (χ0n) is 34.8. The third kappa shape index (κ3) is 10.0. The average molecular weight is 807 g/mol. The minimum atomic E-state index is -4.61. The second-order valence-corrected chi connectivity index (χ2v) is 18.8. The summed E-state index contributed by atoms with van der Waals surface area (Å²) in [5, 5.41) is 23.7. The number of benzene rings is 2. The van der Waals surface area contributed by atoms with Gasteiger partial charge in [-0.15, -0.1) is 0 Å². The lowest BCUT2D eigenvalue weighted by molar-refractivity contribution is -0.396. The second kappa shape index (κ2) is 16.7. The Hall–Kier alpha value is -5.22.